The van der Waals surface area contributed by atoms with Crippen molar-refractivity contribution < 1.29 is 13.2 Å². The molecule has 0 N–H and O–H groups in total. The van der Waals surface area contributed by atoms with Crippen LogP contribution in [-0.2, 0) is 0 Å². The van der Waals surface area contributed by atoms with Crippen LogP contribution in [0, 0.1) is 17.5 Å². The van der Waals surface area contributed by atoms with Gasteiger partial charge in [0, 0.05) is 17.7 Å². The Balaban J connectivity index is 3.07. The van der Waals surface area contributed by atoms with Gasteiger partial charge in [-0.3, -0.25) is 0 Å². The molecule has 1 atom stereocenters. The van der Waals surface area contributed by atoms with Crippen LogP contribution in [0.3, 0.4) is 0 Å². The molecule has 1 unspecified atom stereocenters. The van der Waals surface area contributed by atoms with Gasteiger partial charge in [-0.15, -0.1) is 0 Å². The molecule has 0 fully saturated rings. The van der Waals surface area contributed by atoms with Gasteiger partial charge in [0.05, 0.1) is 0 Å². The van der Waals surface area contributed by atoms with Crippen LogP contribution in [0.1, 0.15) is 38.2 Å². The zero-order valence-corrected chi connectivity index (χ0v) is 8.28. The van der Waals surface area contributed by atoms with E-state index in [1.54, 1.807) is 6.92 Å². The van der Waals surface area contributed by atoms with Crippen molar-refractivity contribution in [1.82, 2.24) is 0 Å². The zero-order valence-electron chi connectivity index (χ0n) is 8.28. The second-order valence-corrected chi connectivity index (χ2v) is 3.47. The summed E-state index contributed by atoms with van der Waals surface area (Å²) < 4.78 is 39.0. The Hall–Kier alpha value is -0.990. The first-order valence-electron chi connectivity index (χ1n) is 4.70. The van der Waals surface area contributed by atoms with Gasteiger partial charge in [-0.2, -0.15) is 0 Å². The maximum absolute atomic E-state index is 13.2. The average Bonchev–Trinajstić information content (AvgIpc) is 2.01. The van der Waals surface area contributed by atoms with Crippen molar-refractivity contribution in [1.29, 1.82) is 0 Å². The third-order valence-electron chi connectivity index (χ3n) is 2.26. The average molecular weight is 202 g/mol. The van der Waals surface area contributed by atoms with E-state index in [2.05, 4.69) is 0 Å². The summed E-state index contributed by atoms with van der Waals surface area (Å²) in [5.41, 5.74) is -0.00625. The molecular weight excluding hydrogens is 189 g/mol. The monoisotopic (exact) mass is 202 g/mol. The largest absolute Gasteiger partial charge is 0.207 e. The Morgan fingerprint density at radius 2 is 1.64 bits per heavy atom. The molecule has 1 rings (SSSR count). The number of benzene rings is 1. The second-order valence-electron chi connectivity index (χ2n) is 3.47. The second kappa shape index (κ2) is 4.49. The first kappa shape index (κ1) is 11.1. The molecule has 0 aliphatic carbocycles. The quantitative estimate of drug-likeness (QED) is 0.694. The van der Waals surface area contributed by atoms with E-state index in [1.807, 2.05) is 6.92 Å². The minimum Gasteiger partial charge on any atom is -0.207 e. The van der Waals surface area contributed by atoms with Crippen molar-refractivity contribution >= 4 is 0 Å². The normalized spacial score (nSPS) is 12.9. The van der Waals surface area contributed by atoms with Crippen LogP contribution in [-0.4, -0.2) is 0 Å². The van der Waals surface area contributed by atoms with E-state index >= 15 is 0 Å². The van der Waals surface area contributed by atoms with Crippen LogP contribution >= 0.6 is 0 Å². The van der Waals surface area contributed by atoms with Gasteiger partial charge in [0.25, 0.3) is 0 Å². The SMILES string of the molecule is CCCC(C)c1c(F)cc(F)cc1F. The van der Waals surface area contributed by atoms with Crippen molar-refractivity contribution in [3.8, 4) is 0 Å². The molecule has 78 valence electrons. The number of hydrogen-bond acceptors (Lipinski definition) is 0. The van der Waals surface area contributed by atoms with Crippen molar-refractivity contribution in [2.45, 2.75) is 32.6 Å². The summed E-state index contributed by atoms with van der Waals surface area (Å²) in [6.45, 7) is 3.68. The molecule has 14 heavy (non-hydrogen) atoms. The van der Waals surface area contributed by atoms with E-state index in [-0.39, 0.29) is 11.5 Å². The lowest BCUT2D eigenvalue weighted by Crippen LogP contribution is -2.02. The molecule has 0 nitrogen and oxygen atoms in total. The summed E-state index contributed by atoms with van der Waals surface area (Å²) >= 11 is 0. The lowest BCUT2D eigenvalue weighted by molar-refractivity contribution is 0.497. The highest BCUT2D eigenvalue weighted by Crippen LogP contribution is 2.26. The predicted molar refractivity (Wildman–Crippen MR) is 49.6 cm³/mol. The van der Waals surface area contributed by atoms with E-state index in [9.17, 15) is 13.2 Å². The lowest BCUT2D eigenvalue weighted by Gasteiger charge is -2.12. The molecule has 0 bridgehead atoms. The van der Waals surface area contributed by atoms with Crippen molar-refractivity contribution in [3.05, 3.63) is 35.1 Å². The molecule has 0 amide bonds. The van der Waals surface area contributed by atoms with Crippen molar-refractivity contribution in [2.75, 3.05) is 0 Å². The summed E-state index contributed by atoms with van der Waals surface area (Å²) in [4.78, 5) is 0. The van der Waals surface area contributed by atoms with Crippen LogP contribution in [0.25, 0.3) is 0 Å². The summed E-state index contributed by atoms with van der Waals surface area (Å²) in [5.74, 6) is -2.65. The Morgan fingerprint density at radius 1 is 1.14 bits per heavy atom. The fraction of sp³-hybridized carbons (Fsp3) is 0.455. The van der Waals surface area contributed by atoms with E-state index in [0.29, 0.717) is 6.42 Å². The van der Waals surface area contributed by atoms with Gasteiger partial charge in [-0.05, 0) is 12.3 Å². The van der Waals surface area contributed by atoms with Crippen LogP contribution in [0.15, 0.2) is 12.1 Å². The van der Waals surface area contributed by atoms with E-state index in [1.165, 1.54) is 0 Å². The maximum Gasteiger partial charge on any atom is 0.132 e. The number of halogens is 3. The number of rotatable bonds is 3. The Labute approximate surface area is 81.8 Å². The minimum absolute atomic E-state index is 0.00625. The van der Waals surface area contributed by atoms with Gasteiger partial charge in [0.1, 0.15) is 17.5 Å². The molecular formula is C11H13F3. The Kier molecular flexibility index (Phi) is 3.55. The van der Waals surface area contributed by atoms with Gasteiger partial charge in [-0.25, -0.2) is 13.2 Å². The Morgan fingerprint density at radius 3 is 2.07 bits per heavy atom. The zero-order chi connectivity index (χ0) is 10.7. The lowest BCUT2D eigenvalue weighted by atomic mass is 9.95. The molecule has 0 saturated carbocycles. The summed E-state index contributed by atoms with van der Waals surface area (Å²) in [6, 6.07) is 1.45. The molecule has 0 aromatic heterocycles. The van der Waals surface area contributed by atoms with Crippen LogP contribution in [0.2, 0.25) is 0 Å². The summed E-state index contributed by atoms with van der Waals surface area (Å²) in [6.07, 6.45) is 1.54. The predicted octanol–water partition coefficient (Wildman–Crippen LogP) is 4.01. The van der Waals surface area contributed by atoms with Crippen molar-refractivity contribution in [3.63, 3.8) is 0 Å². The summed E-state index contributed by atoms with van der Waals surface area (Å²) in [5, 5.41) is 0. The van der Waals surface area contributed by atoms with Crippen LogP contribution in [0.4, 0.5) is 13.2 Å². The first-order valence-corrected chi connectivity index (χ1v) is 4.70. The Bertz CT molecular complexity index is 297. The smallest absolute Gasteiger partial charge is 0.132 e. The molecule has 0 heterocycles. The van der Waals surface area contributed by atoms with Crippen molar-refractivity contribution in [2.24, 2.45) is 0 Å². The highest BCUT2D eigenvalue weighted by molar-refractivity contribution is 5.24. The first-order chi connectivity index (χ1) is 6.56. The van der Waals surface area contributed by atoms with Crippen LogP contribution < -0.4 is 0 Å². The molecule has 0 aliphatic rings. The molecule has 0 spiro atoms. The topological polar surface area (TPSA) is 0 Å². The minimum atomic E-state index is -0.868. The molecule has 0 aliphatic heterocycles. The van der Waals surface area contributed by atoms with E-state index < -0.39 is 17.5 Å². The molecule has 1 aromatic rings. The fourth-order valence-electron chi connectivity index (χ4n) is 1.60. The maximum atomic E-state index is 13.2. The van der Waals surface area contributed by atoms with Gasteiger partial charge < -0.3 is 0 Å². The molecule has 0 saturated heterocycles. The third-order valence-corrected chi connectivity index (χ3v) is 2.26. The molecule has 1 aromatic carbocycles. The molecule has 0 radical (unpaired) electrons. The fourth-order valence-corrected chi connectivity index (χ4v) is 1.60. The third kappa shape index (κ3) is 2.28. The van der Waals surface area contributed by atoms with Crippen LogP contribution in [0.5, 0.6) is 0 Å². The molecule has 3 heteroatoms. The standard InChI is InChI=1S/C11H13F3/c1-3-4-7(2)11-9(13)5-8(12)6-10(11)14/h5-7H,3-4H2,1-2H3. The highest BCUT2D eigenvalue weighted by Gasteiger charge is 2.16. The van der Waals surface area contributed by atoms with Gasteiger partial charge in [0.2, 0.25) is 0 Å². The van der Waals surface area contributed by atoms with E-state index in [0.717, 1.165) is 18.6 Å². The van der Waals surface area contributed by atoms with Gasteiger partial charge in [-0.1, -0.05) is 20.3 Å². The van der Waals surface area contributed by atoms with Gasteiger partial charge >= 0.3 is 0 Å². The van der Waals surface area contributed by atoms with Gasteiger partial charge in [0.15, 0.2) is 0 Å². The highest BCUT2D eigenvalue weighted by atomic mass is 19.1. The van der Waals surface area contributed by atoms with E-state index in [4.69, 9.17) is 0 Å². The summed E-state index contributed by atoms with van der Waals surface area (Å²) in [7, 11) is 0. The number of hydrogen-bond donors (Lipinski definition) is 0.